The number of benzene rings is 2. The largest absolute Gasteiger partial charge is 0.497 e. The van der Waals surface area contributed by atoms with E-state index in [1.165, 1.54) is 4.57 Å². The van der Waals surface area contributed by atoms with Gasteiger partial charge in [0.2, 0.25) is 5.78 Å². The maximum Gasteiger partial charge on any atom is 0.329 e. The lowest BCUT2D eigenvalue weighted by atomic mass is 10.1. The standard InChI is InChI=1S/C22H19N5O3/c1-25-19-18(20(28)24-22(25)29)27-13-17(15-6-4-3-5-7-15)26(21(27)23-19)12-14-8-10-16(30-2)11-9-14/h3-11,13H,12H2,1-2H3,(H,24,28,29). The van der Waals surface area contributed by atoms with Gasteiger partial charge in [0.25, 0.3) is 5.56 Å². The summed E-state index contributed by atoms with van der Waals surface area (Å²) < 4.78 is 10.4. The van der Waals surface area contributed by atoms with Crippen molar-refractivity contribution in [1.29, 1.82) is 0 Å². The van der Waals surface area contributed by atoms with Gasteiger partial charge in [-0.15, -0.1) is 0 Å². The molecule has 8 heteroatoms. The molecular formula is C22H19N5O3. The van der Waals surface area contributed by atoms with Gasteiger partial charge in [0.05, 0.1) is 19.3 Å². The highest BCUT2D eigenvalue weighted by Crippen LogP contribution is 2.26. The highest BCUT2D eigenvalue weighted by Gasteiger charge is 2.19. The van der Waals surface area contributed by atoms with Gasteiger partial charge in [0, 0.05) is 13.2 Å². The molecule has 0 aliphatic rings. The van der Waals surface area contributed by atoms with Gasteiger partial charge in [-0.3, -0.25) is 18.7 Å². The molecule has 0 saturated carbocycles. The number of nitrogens with one attached hydrogen (secondary N) is 1. The lowest BCUT2D eigenvalue weighted by Gasteiger charge is -2.10. The van der Waals surface area contributed by atoms with E-state index in [0.717, 1.165) is 22.6 Å². The number of nitrogens with zero attached hydrogens (tertiary/aromatic N) is 4. The molecule has 1 N–H and O–H groups in total. The minimum absolute atomic E-state index is 0.345. The number of aryl methyl sites for hydroxylation is 1. The van der Waals surface area contributed by atoms with Gasteiger partial charge in [-0.1, -0.05) is 42.5 Å². The molecule has 3 aromatic heterocycles. The second-order valence-corrected chi connectivity index (χ2v) is 7.09. The van der Waals surface area contributed by atoms with Crippen LogP contribution in [0.25, 0.3) is 28.2 Å². The second kappa shape index (κ2) is 6.77. The van der Waals surface area contributed by atoms with E-state index in [2.05, 4.69) is 9.97 Å². The molecule has 0 unspecified atom stereocenters. The van der Waals surface area contributed by atoms with Crippen molar-refractivity contribution >= 4 is 16.9 Å². The molecule has 0 radical (unpaired) electrons. The summed E-state index contributed by atoms with van der Waals surface area (Å²) in [6.07, 6.45) is 1.89. The van der Waals surface area contributed by atoms with Crippen molar-refractivity contribution in [2.75, 3.05) is 7.11 Å². The fraction of sp³-hybridized carbons (Fsp3) is 0.136. The lowest BCUT2D eigenvalue weighted by Crippen LogP contribution is -2.28. The van der Waals surface area contributed by atoms with Crippen LogP contribution in [0, 0.1) is 0 Å². The SMILES string of the molecule is COc1ccc(Cn2c(-c3ccccc3)cn3c4c(=O)[nH]c(=O)n(C)c4nc23)cc1. The smallest absolute Gasteiger partial charge is 0.329 e. The Bertz CT molecular complexity index is 1490. The number of fused-ring (bicyclic) bond motifs is 3. The lowest BCUT2D eigenvalue weighted by molar-refractivity contribution is 0.414. The number of aromatic amines is 1. The van der Waals surface area contributed by atoms with Crippen LogP contribution in [0.5, 0.6) is 5.75 Å². The van der Waals surface area contributed by atoms with Crippen LogP contribution in [0.4, 0.5) is 0 Å². The van der Waals surface area contributed by atoms with Crippen LogP contribution in [0.2, 0.25) is 0 Å². The average Bonchev–Trinajstić information content (AvgIpc) is 3.30. The zero-order chi connectivity index (χ0) is 20.8. The Kier molecular flexibility index (Phi) is 4.06. The topological polar surface area (TPSA) is 86.3 Å². The summed E-state index contributed by atoms with van der Waals surface area (Å²) in [4.78, 5) is 31.6. The number of hydrogen-bond donors (Lipinski definition) is 1. The highest BCUT2D eigenvalue weighted by molar-refractivity contribution is 5.78. The van der Waals surface area contributed by atoms with E-state index in [9.17, 15) is 9.59 Å². The number of ether oxygens (including phenoxy) is 1. The molecule has 0 aliphatic heterocycles. The van der Waals surface area contributed by atoms with Gasteiger partial charge in [-0.2, -0.15) is 4.98 Å². The van der Waals surface area contributed by atoms with Crippen LogP contribution in [-0.4, -0.2) is 30.6 Å². The Morgan fingerprint density at radius 2 is 1.77 bits per heavy atom. The first-order valence-corrected chi connectivity index (χ1v) is 9.46. The summed E-state index contributed by atoms with van der Waals surface area (Å²) in [5.74, 6) is 1.37. The molecule has 150 valence electrons. The number of hydrogen-bond acceptors (Lipinski definition) is 4. The molecule has 0 fully saturated rings. The second-order valence-electron chi connectivity index (χ2n) is 7.09. The van der Waals surface area contributed by atoms with E-state index in [0.29, 0.717) is 23.5 Å². The monoisotopic (exact) mass is 401 g/mol. The summed E-state index contributed by atoms with van der Waals surface area (Å²) >= 11 is 0. The number of rotatable bonds is 4. The van der Waals surface area contributed by atoms with E-state index >= 15 is 0 Å². The maximum atomic E-state index is 12.6. The van der Waals surface area contributed by atoms with E-state index in [1.807, 2.05) is 65.4 Å². The van der Waals surface area contributed by atoms with Crippen molar-refractivity contribution < 1.29 is 4.74 Å². The Balaban J connectivity index is 1.79. The fourth-order valence-electron chi connectivity index (χ4n) is 3.71. The van der Waals surface area contributed by atoms with Gasteiger partial charge in [-0.05, 0) is 23.3 Å². The third-order valence-electron chi connectivity index (χ3n) is 5.28. The quantitative estimate of drug-likeness (QED) is 0.501. The first-order valence-electron chi connectivity index (χ1n) is 9.46. The first-order chi connectivity index (χ1) is 14.6. The summed E-state index contributed by atoms with van der Waals surface area (Å²) in [7, 11) is 3.23. The fourth-order valence-corrected chi connectivity index (χ4v) is 3.71. The van der Waals surface area contributed by atoms with Crippen LogP contribution in [-0.2, 0) is 13.6 Å². The van der Waals surface area contributed by atoms with Crippen molar-refractivity contribution in [3.8, 4) is 17.0 Å². The summed E-state index contributed by atoms with van der Waals surface area (Å²) in [6.45, 7) is 0.542. The average molecular weight is 401 g/mol. The Morgan fingerprint density at radius 3 is 2.47 bits per heavy atom. The van der Waals surface area contributed by atoms with Gasteiger partial charge in [0.15, 0.2) is 11.2 Å². The molecule has 0 saturated heterocycles. The Hall–Kier alpha value is -4.07. The Morgan fingerprint density at radius 1 is 1.03 bits per heavy atom. The predicted molar refractivity (Wildman–Crippen MR) is 114 cm³/mol. The van der Waals surface area contributed by atoms with Gasteiger partial charge in [0.1, 0.15) is 5.75 Å². The third kappa shape index (κ3) is 2.73. The molecule has 8 nitrogen and oxygen atoms in total. The Labute approximate surface area is 170 Å². The van der Waals surface area contributed by atoms with E-state index in [4.69, 9.17) is 4.74 Å². The highest BCUT2D eigenvalue weighted by atomic mass is 16.5. The molecule has 0 bridgehead atoms. The van der Waals surface area contributed by atoms with Crippen molar-refractivity contribution in [2.24, 2.45) is 7.05 Å². The van der Waals surface area contributed by atoms with Crippen molar-refractivity contribution in [1.82, 2.24) is 23.5 Å². The normalized spacial score (nSPS) is 11.4. The molecule has 0 spiro atoms. The van der Waals surface area contributed by atoms with E-state index in [1.54, 1.807) is 18.6 Å². The third-order valence-corrected chi connectivity index (χ3v) is 5.28. The van der Waals surface area contributed by atoms with E-state index < -0.39 is 11.2 Å². The molecule has 30 heavy (non-hydrogen) atoms. The van der Waals surface area contributed by atoms with Gasteiger partial charge in [-0.25, -0.2) is 4.79 Å². The van der Waals surface area contributed by atoms with Crippen molar-refractivity contribution in [3.63, 3.8) is 0 Å². The number of H-pyrrole nitrogens is 1. The molecule has 0 atom stereocenters. The van der Waals surface area contributed by atoms with E-state index in [-0.39, 0.29) is 0 Å². The van der Waals surface area contributed by atoms with Crippen LogP contribution in [0.3, 0.4) is 0 Å². The predicted octanol–water partition coefficient (Wildman–Crippen LogP) is 2.40. The summed E-state index contributed by atoms with van der Waals surface area (Å²) in [5, 5.41) is 0. The van der Waals surface area contributed by atoms with Crippen molar-refractivity contribution in [2.45, 2.75) is 6.54 Å². The molecule has 5 rings (SSSR count). The molecule has 5 aromatic rings. The number of imidazole rings is 2. The zero-order valence-electron chi connectivity index (χ0n) is 16.5. The summed E-state index contributed by atoms with van der Waals surface area (Å²) in [5.41, 5.74) is 2.73. The number of methoxy groups -OCH3 is 1. The van der Waals surface area contributed by atoms with Crippen molar-refractivity contribution in [3.05, 3.63) is 87.2 Å². The van der Waals surface area contributed by atoms with Crippen LogP contribution < -0.4 is 16.0 Å². The van der Waals surface area contributed by atoms with Gasteiger partial charge < -0.3 is 9.30 Å². The van der Waals surface area contributed by atoms with Crippen LogP contribution in [0.1, 0.15) is 5.56 Å². The zero-order valence-corrected chi connectivity index (χ0v) is 16.5. The maximum absolute atomic E-state index is 12.6. The molecular weight excluding hydrogens is 382 g/mol. The van der Waals surface area contributed by atoms with Crippen LogP contribution >= 0.6 is 0 Å². The molecule has 3 heterocycles. The minimum Gasteiger partial charge on any atom is -0.497 e. The van der Waals surface area contributed by atoms with Gasteiger partial charge >= 0.3 is 5.69 Å². The minimum atomic E-state index is -0.488. The number of aromatic nitrogens is 5. The first kappa shape index (κ1) is 18.0. The summed E-state index contributed by atoms with van der Waals surface area (Å²) in [6, 6.07) is 17.7. The molecule has 2 aromatic carbocycles. The molecule has 0 amide bonds. The van der Waals surface area contributed by atoms with Crippen LogP contribution in [0.15, 0.2) is 70.4 Å². The molecule has 0 aliphatic carbocycles.